The number of pyridine rings is 1. The maximum atomic E-state index is 5.59. The van der Waals surface area contributed by atoms with Gasteiger partial charge in [-0.25, -0.2) is 4.98 Å². The van der Waals surface area contributed by atoms with Crippen LogP contribution < -0.4 is 16.4 Å². The van der Waals surface area contributed by atoms with Crippen molar-refractivity contribution in [2.45, 2.75) is 41.5 Å². The number of fused-ring (bicyclic) bond motifs is 12. The van der Waals surface area contributed by atoms with Gasteiger partial charge in [0.05, 0.1) is 21.4 Å². The highest BCUT2D eigenvalue weighted by molar-refractivity contribution is 7.26. The Morgan fingerprint density at radius 2 is 1.11 bits per heavy atom. The van der Waals surface area contributed by atoms with Crippen LogP contribution in [-0.2, 0) is 0 Å². The van der Waals surface area contributed by atoms with Crippen molar-refractivity contribution in [3.8, 4) is 11.3 Å². The molecule has 0 aliphatic rings. The SMILES string of the molecule is Cc1cc(C)c(B(c2ccc(-c3cc4c(sc5ccc6ccccc6c54)c4nc5c6cc7ccccc7cc6ccc5n34)cc2)c2c(C)cc(C)cc2C)c(C)c1. The van der Waals surface area contributed by atoms with Crippen LogP contribution in [0.3, 0.4) is 0 Å². The molecule has 3 heterocycles. The van der Waals surface area contributed by atoms with E-state index in [0.717, 1.165) is 22.4 Å². The lowest BCUT2D eigenvalue weighted by Crippen LogP contribution is -2.55. The van der Waals surface area contributed by atoms with Gasteiger partial charge in [0.25, 0.3) is 0 Å². The molecule has 8 aromatic carbocycles. The lowest BCUT2D eigenvalue weighted by atomic mass is 9.34. The first-order valence-electron chi connectivity index (χ1n) is 20.0. The van der Waals surface area contributed by atoms with Gasteiger partial charge in [0, 0.05) is 20.9 Å². The zero-order valence-electron chi connectivity index (χ0n) is 33.2. The van der Waals surface area contributed by atoms with Crippen molar-refractivity contribution < 1.29 is 0 Å². The number of aromatic nitrogens is 2. The van der Waals surface area contributed by atoms with Gasteiger partial charge in [0.2, 0.25) is 6.71 Å². The number of rotatable bonds is 4. The molecule has 0 radical (unpaired) electrons. The van der Waals surface area contributed by atoms with E-state index in [0.29, 0.717) is 0 Å². The van der Waals surface area contributed by atoms with Gasteiger partial charge in [-0.05, 0) is 104 Å². The number of hydrogen-bond acceptors (Lipinski definition) is 2. The Kier molecular flexibility index (Phi) is 7.55. The molecular formula is C53H41BN2S. The molecule has 4 heteroatoms. The Morgan fingerprint density at radius 1 is 0.509 bits per heavy atom. The summed E-state index contributed by atoms with van der Waals surface area (Å²) in [4.78, 5) is 5.59. The molecule has 0 atom stereocenters. The second-order valence-corrected chi connectivity index (χ2v) is 17.4. The normalized spacial score (nSPS) is 12.0. The summed E-state index contributed by atoms with van der Waals surface area (Å²) in [6, 6.07) is 52.5. The number of hydrogen-bond donors (Lipinski definition) is 0. The van der Waals surface area contributed by atoms with Gasteiger partial charge in [0.1, 0.15) is 0 Å². The summed E-state index contributed by atoms with van der Waals surface area (Å²) in [5.41, 5.74) is 17.6. The molecule has 2 nitrogen and oxygen atoms in total. The lowest BCUT2D eigenvalue weighted by Gasteiger charge is -2.25. The summed E-state index contributed by atoms with van der Waals surface area (Å²) >= 11 is 1.86. The number of nitrogens with zero attached hydrogens (tertiary/aromatic N) is 2. The van der Waals surface area contributed by atoms with E-state index in [4.69, 9.17) is 4.98 Å². The third-order valence-corrected chi connectivity index (χ3v) is 13.6. The number of aryl methyl sites for hydroxylation is 6. The van der Waals surface area contributed by atoms with Crippen LogP contribution in [0.1, 0.15) is 33.4 Å². The van der Waals surface area contributed by atoms with Crippen LogP contribution in [0.5, 0.6) is 0 Å². The lowest BCUT2D eigenvalue weighted by molar-refractivity contribution is 1.25. The summed E-state index contributed by atoms with van der Waals surface area (Å²) in [5.74, 6) is 0. The van der Waals surface area contributed by atoms with E-state index in [-0.39, 0.29) is 6.71 Å². The van der Waals surface area contributed by atoms with Crippen molar-refractivity contribution in [1.82, 2.24) is 9.38 Å². The molecule has 0 aliphatic heterocycles. The topological polar surface area (TPSA) is 17.3 Å². The average molecular weight is 749 g/mol. The quantitative estimate of drug-likeness (QED) is 0.129. The molecule has 3 aromatic heterocycles. The molecule has 11 aromatic rings. The Balaban J connectivity index is 1.20. The highest BCUT2D eigenvalue weighted by Gasteiger charge is 2.29. The van der Waals surface area contributed by atoms with Crippen LogP contribution in [0, 0.1) is 41.5 Å². The van der Waals surface area contributed by atoms with Gasteiger partial charge in [-0.1, -0.05) is 159 Å². The molecule has 57 heavy (non-hydrogen) atoms. The minimum atomic E-state index is 0.116. The van der Waals surface area contributed by atoms with E-state index >= 15 is 0 Å². The van der Waals surface area contributed by atoms with E-state index < -0.39 is 0 Å². The molecule has 272 valence electrons. The predicted octanol–water partition coefficient (Wildman–Crippen LogP) is 12.3. The molecule has 0 saturated carbocycles. The van der Waals surface area contributed by atoms with Crippen LogP contribution in [0.15, 0.2) is 140 Å². The molecule has 0 aliphatic carbocycles. The first-order valence-corrected chi connectivity index (χ1v) is 20.8. The zero-order chi connectivity index (χ0) is 38.7. The second kappa shape index (κ2) is 12.6. The van der Waals surface area contributed by atoms with Crippen LogP contribution in [0.4, 0.5) is 0 Å². The van der Waals surface area contributed by atoms with Crippen LogP contribution in [0.25, 0.3) is 80.4 Å². The number of thiophene rings is 1. The van der Waals surface area contributed by atoms with E-state index in [9.17, 15) is 0 Å². The van der Waals surface area contributed by atoms with Crippen molar-refractivity contribution in [3.05, 3.63) is 173 Å². The van der Waals surface area contributed by atoms with E-state index in [1.807, 2.05) is 11.3 Å². The summed E-state index contributed by atoms with van der Waals surface area (Å²) in [6.07, 6.45) is 0. The Hall–Kier alpha value is -6.23. The standard InChI is InChI=1S/C53H41BN2S/c1-30-23-32(3)49(33(4)24-30)54(50-34(5)25-31(2)26-35(50)6)41-19-15-37(16-20-41)46-29-44-48-42-14-10-9-11-36(42)18-22-47(48)57-52(44)53-55-51-43-28-39-13-8-7-12-38(39)27-40(43)17-21-45(51)56(46)53/h7-29H,1-6H3. The van der Waals surface area contributed by atoms with Gasteiger partial charge in [0.15, 0.2) is 5.65 Å². The molecule has 0 saturated heterocycles. The van der Waals surface area contributed by atoms with Gasteiger partial charge >= 0.3 is 0 Å². The molecule has 0 N–H and O–H groups in total. The minimum Gasteiger partial charge on any atom is -0.291 e. The Labute approximate surface area is 337 Å². The highest BCUT2D eigenvalue weighted by atomic mass is 32.1. The predicted molar refractivity (Wildman–Crippen MR) is 250 cm³/mol. The van der Waals surface area contributed by atoms with E-state index in [1.165, 1.54) is 108 Å². The van der Waals surface area contributed by atoms with Gasteiger partial charge in [-0.3, -0.25) is 4.40 Å². The minimum absolute atomic E-state index is 0.116. The van der Waals surface area contributed by atoms with Gasteiger partial charge < -0.3 is 0 Å². The second-order valence-electron chi connectivity index (χ2n) is 16.3. The largest absolute Gasteiger partial charge is 0.291 e. The average Bonchev–Trinajstić information content (AvgIpc) is 3.78. The fraction of sp³-hybridized carbons (Fsp3) is 0.113. The molecule has 0 spiro atoms. The van der Waals surface area contributed by atoms with Crippen LogP contribution >= 0.6 is 11.3 Å². The molecule has 11 rings (SSSR count). The Morgan fingerprint density at radius 3 is 1.77 bits per heavy atom. The van der Waals surface area contributed by atoms with Crippen LogP contribution in [0.2, 0.25) is 0 Å². The fourth-order valence-corrected chi connectivity index (χ4v) is 11.4. The zero-order valence-corrected chi connectivity index (χ0v) is 34.0. The molecule has 0 bridgehead atoms. The third kappa shape index (κ3) is 5.20. The van der Waals surface area contributed by atoms with E-state index in [1.54, 1.807) is 0 Å². The summed E-state index contributed by atoms with van der Waals surface area (Å²) in [5, 5.41) is 10.0. The Bertz CT molecular complexity index is 3370. The molecule has 0 unspecified atom stereocenters. The summed E-state index contributed by atoms with van der Waals surface area (Å²) in [6.45, 7) is 13.7. The highest BCUT2D eigenvalue weighted by Crippen LogP contribution is 2.44. The van der Waals surface area contributed by atoms with Crippen molar-refractivity contribution in [2.75, 3.05) is 0 Å². The maximum absolute atomic E-state index is 5.59. The molecular weight excluding hydrogens is 707 g/mol. The first-order chi connectivity index (χ1) is 27.7. The van der Waals surface area contributed by atoms with Crippen LogP contribution in [-0.4, -0.2) is 16.1 Å². The maximum Gasteiger partial charge on any atom is 0.242 e. The summed E-state index contributed by atoms with van der Waals surface area (Å²) < 4.78 is 4.94. The van der Waals surface area contributed by atoms with Crippen molar-refractivity contribution in [2.24, 2.45) is 0 Å². The fourth-order valence-electron chi connectivity index (χ4n) is 10.2. The van der Waals surface area contributed by atoms with Crippen molar-refractivity contribution in [3.63, 3.8) is 0 Å². The smallest absolute Gasteiger partial charge is 0.242 e. The number of benzene rings is 8. The van der Waals surface area contributed by atoms with Crippen molar-refractivity contribution >= 4 is 104 Å². The van der Waals surface area contributed by atoms with Gasteiger partial charge in [-0.15, -0.1) is 11.3 Å². The molecule has 0 amide bonds. The first kappa shape index (κ1) is 34.1. The van der Waals surface area contributed by atoms with Gasteiger partial charge in [-0.2, -0.15) is 0 Å². The number of imidazole rings is 1. The summed E-state index contributed by atoms with van der Waals surface area (Å²) in [7, 11) is 0. The van der Waals surface area contributed by atoms with Crippen molar-refractivity contribution in [1.29, 1.82) is 0 Å². The molecule has 0 fully saturated rings. The van der Waals surface area contributed by atoms with E-state index in [2.05, 4.69) is 185 Å². The monoisotopic (exact) mass is 748 g/mol. The third-order valence-electron chi connectivity index (χ3n) is 12.4.